The zero-order valence-corrected chi connectivity index (χ0v) is 6.52. The van der Waals surface area contributed by atoms with Crippen LogP contribution in [0.25, 0.3) is 0 Å². The van der Waals surface area contributed by atoms with E-state index < -0.39 is 5.41 Å². The molecule has 3 heteroatoms. The molecule has 0 bridgehead atoms. The lowest BCUT2D eigenvalue weighted by Crippen LogP contribution is -2.32. The van der Waals surface area contributed by atoms with Crippen molar-refractivity contribution in [3.8, 4) is 12.3 Å². The molecule has 0 aromatic rings. The maximum absolute atomic E-state index is 11.2. The molecule has 3 nitrogen and oxygen atoms in total. The highest BCUT2D eigenvalue weighted by atomic mass is 16.5. The predicted octanol–water partition coefficient (Wildman–Crippen LogP) is -0.228. The third-order valence-electron chi connectivity index (χ3n) is 2.01. The van der Waals surface area contributed by atoms with Crippen LogP contribution in [0.3, 0.4) is 0 Å². The summed E-state index contributed by atoms with van der Waals surface area (Å²) in [5.41, 5.74) is -0.700. The number of hydrogen-bond acceptors (Lipinski definition) is 3. The number of methoxy groups -OCH3 is 1. The van der Waals surface area contributed by atoms with Gasteiger partial charge in [-0.05, 0) is 13.0 Å². The molecule has 11 heavy (non-hydrogen) atoms. The summed E-state index contributed by atoms with van der Waals surface area (Å²) in [5.74, 6) is 2.19. The molecule has 1 fully saturated rings. The largest absolute Gasteiger partial charge is 0.468 e. The Bertz CT molecular complexity index is 199. The van der Waals surface area contributed by atoms with Gasteiger partial charge in [0.25, 0.3) is 0 Å². The van der Waals surface area contributed by atoms with E-state index in [0.29, 0.717) is 13.0 Å². The van der Waals surface area contributed by atoms with Crippen LogP contribution in [0, 0.1) is 17.8 Å². The molecule has 0 aromatic carbocycles. The molecule has 0 amide bonds. The minimum absolute atomic E-state index is 0.301. The maximum atomic E-state index is 11.2. The lowest BCUT2D eigenvalue weighted by molar-refractivity contribution is -0.148. The lowest BCUT2D eigenvalue weighted by atomic mass is 9.88. The van der Waals surface area contributed by atoms with Crippen LogP contribution in [0.1, 0.15) is 6.42 Å². The standard InChI is InChI=1S/C8H11NO2/c1-3-8(7(10)11-2)4-5-9-6-8/h1,9H,4-6H2,2H3. The van der Waals surface area contributed by atoms with E-state index in [-0.39, 0.29) is 5.97 Å². The summed E-state index contributed by atoms with van der Waals surface area (Å²) >= 11 is 0. The van der Waals surface area contributed by atoms with Crippen molar-refractivity contribution < 1.29 is 9.53 Å². The number of carbonyl (C=O) groups excluding carboxylic acids is 1. The fraction of sp³-hybridized carbons (Fsp3) is 0.625. The Hall–Kier alpha value is -1.01. The Morgan fingerprint density at radius 2 is 2.55 bits per heavy atom. The molecule has 60 valence electrons. The van der Waals surface area contributed by atoms with Crippen molar-refractivity contribution >= 4 is 5.97 Å². The van der Waals surface area contributed by atoms with E-state index >= 15 is 0 Å². The second-order valence-corrected chi connectivity index (χ2v) is 2.64. The summed E-state index contributed by atoms with van der Waals surface area (Å²) in [7, 11) is 1.36. The van der Waals surface area contributed by atoms with Crippen LogP contribution in [-0.4, -0.2) is 26.2 Å². The first-order valence-corrected chi connectivity index (χ1v) is 3.52. The van der Waals surface area contributed by atoms with E-state index in [4.69, 9.17) is 6.42 Å². The first-order valence-electron chi connectivity index (χ1n) is 3.52. The normalized spacial score (nSPS) is 29.5. The first kappa shape index (κ1) is 8.09. The van der Waals surface area contributed by atoms with Crippen LogP contribution in [0.15, 0.2) is 0 Å². The van der Waals surface area contributed by atoms with Crippen molar-refractivity contribution in [1.29, 1.82) is 0 Å². The molecule has 1 heterocycles. The van der Waals surface area contributed by atoms with Crippen molar-refractivity contribution in [2.24, 2.45) is 5.41 Å². The molecule has 1 rings (SSSR count). The number of terminal acetylenes is 1. The van der Waals surface area contributed by atoms with Gasteiger partial charge in [0.15, 0.2) is 0 Å². The highest BCUT2D eigenvalue weighted by Crippen LogP contribution is 2.25. The summed E-state index contributed by atoms with van der Waals surface area (Å²) in [6, 6.07) is 0. The van der Waals surface area contributed by atoms with Crippen molar-refractivity contribution in [2.45, 2.75) is 6.42 Å². The second-order valence-electron chi connectivity index (χ2n) is 2.64. The zero-order valence-electron chi connectivity index (χ0n) is 6.52. The second kappa shape index (κ2) is 2.93. The van der Waals surface area contributed by atoms with Crippen LogP contribution >= 0.6 is 0 Å². The van der Waals surface area contributed by atoms with Gasteiger partial charge in [-0.3, -0.25) is 4.79 Å². The lowest BCUT2D eigenvalue weighted by Gasteiger charge is -2.17. The summed E-state index contributed by atoms with van der Waals surface area (Å²) in [6.07, 6.45) is 5.93. The van der Waals surface area contributed by atoms with Crippen molar-refractivity contribution in [3.63, 3.8) is 0 Å². The number of hydrogen-bond donors (Lipinski definition) is 1. The molecule has 1 aliphatic rings. The number of ether oxygens (including phenoxy) is 1. The molecule has 0 aliphatic carbocycles. The zero-order chi connectivity index (χ0) is 8.32. The van der Waals surface area contributed by atoms with Crippen LogP contribution in [0.5, 0.6) is 0 Å². The van der Waals surface area contributed by atoms with Crippen LogP contribution < -0.4 is 5.32 Å². The maximum Gasteiger partial charge on any atom is 0.325 e. The van der Waals surface area contributed by atoms with Crippen LogP contribution in [0.4, 0.5) is 0 Å². The predicted molar refractivity (Wildman–Crippen MR) is 40.8 cm³/mol. The van der Waals surface area contributed by atoms with E-state index in [2.05, 4.69) is 16.0 Å². The SMILES string of the molecule is C#CC1(C(=O)OC)CCNC1. The fourth-order valence-corrected chi connectivity index (χ4v) is 1.24. The highest BCUT2D eigenvalue weighted by molar-refractivity contribution is 5.81. The summed E-state index contributed by atoms with van der Waals surface area (Å²) in [4.78, 5) is 11.2. The Kier molecular flexibility index (Phi) is 2.16. The average molecular weight is 153 g/mol. The smallest absolute Gasteiger partial charge is 0.325 e. The van der Waals surface area contributed by atoms with Gasteiger partial charge in [-0.1, -0.05) is 5.92 Å². The molecular formula is C8H11NO2. The van der Waals surface area contributed by atoms with Gasteiger partial charge in [0, 0.05) is 6.54 Å². The average Bonchev–Trinajstić information content (AvgIpc) is 2.52. The third-order valence-corrected chi connectivity index (χ3v) is 2.01. The fourth-order valence-electron chi connectivity index (χ4n) is 1.24. The molecule has 1 aliphatic heterocycles. The van der Waals surface area contributed by atoms with E-state index in [1.165, 1.54) is 7.11 Å². The molecule has 0 aromatic heterocycles. The van der Waals surface area contributed by atoms with Gasteiger partial charge in [0.05, 0.1) is 7.11 Å². The summed E-state index contributed by atoms with van der Waals surface area (Å²) in [6.45, 7) is 1.33. The van der Waals surface area contributed by atoms with Crippen molar-refractivity contribution in [2.75, 3.05) is 20.2 Å². The van der Waals surface area contributed by atoms with E-state index in [0.717, 1.165) is 6.54 Å². The number of carbonyl (C=O) groups is 1. The van der Waals surface area contributed by atoms with E-state index in [1.54, 1.807) is 0 Å². The molecule has 0 saturated carbocycles. The Labute approximate surface area is 66.1 Å². The van der Waals surface area contributed by atoms with Gasteiger partial charge in [-0.25, -0.2) is 0 Å². The number of rotatable bonds is 1. The molecule has 1 atom stereocenters. The number of nitrogens with one attached hydrogen (secondary N) is 1. The Morgan fingerprint density at radius 1 is 1.82 bits per heavy atom. The van der Waals surface area contributed by atoms with Crippen LogP contribution in [0.2, 0.25) is 0 Å². The van der Waals surface area contributed by atoms with Gasteiger partial charge >= 0.3 is 5.97 Å². The summed E-state index contributed by atoms with van der Waals surface area (Å²) < 4.78 is 4.61. The van der Waals surface area contributed by atoms with Gasteiger partial charge < -0.3 is 10.1 Å². The summed E-state index contributed by atoms with van der Waals surface area (Å²) in [5, 5.41) is 3.04. The molecule has 0 radical (unpaired) electrons. The Morgan fingerprint density at radius 3 is 2.91 bits per heavy atom. The Balaban J connectivity index is 2.76. The van der Waals surface area contributed by atoms with E-state index in [9.17, 15) is 4.79 Å². The molecule has 0 spiro atoms. The highest BCUT2D eigenvalue weighted by Gasteiger charge is 2.40. The third kappa shape index (κ3) is 1.22. The minimum atomic E-state index is -0.700. The molecule has 1 unspecified atom stereocenters. The van der Waals surface area contributed by atoms with Crippen molar-refractivity contribution in [3.05, 3.63) is 0 Å². The monoisotopic (exact) mass is 153 g/mol. The van der Waals surface area contributed by atoms with Crippen LogP contribution in [-0.2, 0) is 9.53 Å². The van der Waals surface area contributed by atoms with Gasteiger partial charge in [0.2, 0.25) is 0 Å². The number of esters is 1. The van der Waals surface area contributed by atoms with E-state index in [1.807, 2.05) is 0 Å². The van der Waals surface area contributed by atoms with Gasteiger partial charge in [-0.2, -0.15) is 0 Å². The minimum Gasteiger partial charge on any atom is -0.468 e. The van der Waals surface area contributed by atoms with Crippen molar-refractivity contribution in [1.82, 2.24) is 5.32 Å². The first-order chi connectivity index (χ1) is 5.25. The quantitative estimate of drug-likeness (QED) is 0.418. The molecule has 1 saturated heterocycles. The van der Waals surface area contributed by atoms with Gasteiger partial charge in [-0.15, -0.1) is 6.42 Å². The topological polar surface area (TPSA) is 38.3 Å². The van der Waals surface area contributed by atoms with Gasteiger partial charge in [0.1, 0.15) is 5.41 Å². The molecule has 1 N–H and O–H groups in total. The molecular weight excluding hydrogens is 142 g/mol.